The Bertz CT molecular complexity index is 1660. The van der Waals surface area contributed by atoms with Crippen LogP contribution in [0, 0.1) is 13.8 Å². The predicted molar refractivity (Wildman–Crippen MR) is 147 cm³/mol. The minimum Gasteiger partial charge on any atom is -0.273 e. The molecule has 188 valence electrons. The summed E-state index contributed by atoms with van der Waals surface area (Å²) in [7, 11) is -3.89. The van der Waals surface area contributed by atoms with Gasteiger partial charge in [-0.15, -0.1) is 10.2 Å². The third-order valence-electron chi connectivity index (χ3n) is 6.17. The van der Waals surface area contributed by atoms with Crippen LogP contribution in [0.2, 0.25) is 0 Å². The van der Waals surface area contributed by atoms with Crippen LogP contribution in [0.5, 0.6) is 0 Å². The number of hydrogen-bond acceptors (Lipinski definition) is 6. The van der Waals surface area contributed by atoms with Crippen LogP contribution in [-0.2, 0) is 15.8 Å². The van der Waals surface area contributed by atoms with Gasteiger partial charge in [-0.2, -0.15) is 0 Å². The van der Waals surface area contributed by atoms with Crippen LogP contribution in [-0.4, -0.2) is 28.2 Å². The lowest BCUT2D eigenvalue weighted by Gasteiger charge is -2.17. The van der Waals surface area contributed by atoms with E-state index in [2.05, 4.69) is 39.0 Å². The van der Waals surface area contributed by atoms with Gasteiger partial charge >= 0.3 is 0 Å². The van der Waals surface area contributed by atoms with Gasteiger partial charge in [-0.1, -0.05) is 71.9 Å². The van der Waals surface area contributed by atoms with Crippen molar-refractivity contribution in [1.82, 2.24) is 24.5 Å². The zero-order chi connectivity index (χ0) is 26.0. The second-order valence-corrected chi connectivity index (χ2v) is 11.5. The lowest BCUT2D eigenvalue weighted by atomic mass is 10.1. The lowest BCUT2D eigenvalue weighted by Crippen LogP contribution is -2.29. The highest BCUT2D eigenvalue weighted by atomic mass is 32.2. The van der Waals surface area contributed by atoms with Crippen LogP contribution in [0.15, 0.2) is 95.1 Å². The SMILES string of the molecule is Cc1ccc(-n2c(SCc3ccccc3C)nnc2C(C)NS(=O)(=O)c2cccc3cccnc23)cc1. The molecule has 0 radical (unpaired) electrons. The fourth-order valence-electron chi connectivity index (χ4n) is 4.15. The standard InChI is InChI=1S/C28H27N5O2S2/c1-19-13-15-24(16-14-19)33-27(30-31-28(33)36-18-23-9-5-4-8-20(23)2)21(3)32-37(34,35)25-12-6-10-22-11-7-17-29-26(22)25/h4-17,21,32H,18H2,1-3H3. The van der Waals surface area contributed by atoms with Crippen molar-refractivity contribution in [3.8, 4) is 5.69 Å². The van der Waals surface area contributed by atoms with E-state index in [-0.39, 0.29) is 4.90 Å². The molecule has 2 aromatic heterocycles. The minimum absolute atomic E-state index is 0.132. The lowest BCUT2D eigenvalue weighted by molar-refractivity contribution is 0.556. The molecule has 0 saturated carbocycles. The first-order valence-electron chi connectivity index (χ1n) is 11.9. The third kappa shape index (κ3) is 5.29. The van der Waals surface area contributed by atoms with Gasteiger partial charge in [-0.3, -0.25) is 9.55 Å². The van der Waals surface area contributed by atoms with Gasteiger partial charge in [-0.05, 0) is 56.2 Å². The number of benzene rings is 3. The second kappa shape index (κ2) is 10.5. The van der Waals surface area contributed by atoms with Crippen molar-refractivity contribution in [2.45, 2.75) is 42.6 Å². The van der Waals surface area contributed by atoms with Gasteiger partial charge in [0.05, 0.1) is 11.6 Å². The van der Waals surface area contributed by atoms with Gasteiger partial charge in [-0.25, -0.2) is 13.1 Å². The van der Waals surface area contributed by atoms with Crippen LogP contribution in [0.25, 0.3) is 16.6 Å². The van der Waals surface area contributed by atoms with Crippen LogP contribution < -0.4 is 4.72 Å². The molecule has 37 heavy (non-hydrogen) atoms. The first-order valence-corrected chi connectivity index (χ1v) is 14.4. The third-order valence-corrected chi connectivity index (χ3v) is 8.72. The smallest absolute Gasteiger partial charge is 0.243 e. The minimum atomic E-state index is -3.89. The fraction of sp³-hybridized carbons (Fsp3) is 0.179. The summed E-state index contributed by atoms with van der Waals surface area (Å²) < 4.78 is 31.7. The Balaban J connectivity index is 1.50. The second-order valence-electron chi connectivity index (χ2n) is 8.90. The highest BCUT2D eigenvalue weighted by Crippen LogP contribution is 2.30. The molecule has 0 bridgehead atoms. The van der Waals surface area contributed by atoms with Crippen LogP contribution in [0.4, 0.5) is 0 Å². The van der Waals surface area contributed by atoms with E-state index in [4.69, 9.17) is 0 Å². The molecule has 9 heteroatoms. The molecule has 2 heterocycles. The zero-order valence-corrected chi connectivity index (χ0v) is 22.4. The van der Waals surface area contributed by atoms with Crippen molar-refractivity contribution in [3.05, 3.63) is 108 Å². The van der Waals surface area contributed by atoms with Crippen molar-refractivity contribution in [1.29, 1.82) is 0 Å². The molecule has 0 aliphatic heterocycles. The molecule has 3 aromatic carbocycles. The number of aromatic nitrogens is 4. The van der Waals surface area contributed by atoms with E-state index in [1.165, 1.54) is 11.1 Å². The summed E-state index contributed by atoms with van der Waals surface area (Å²) in [6, 6.07) is 24.4. The van der Waals surface area contributed by atoms with E-state index in [0.717, 1.165) is 22.4 Å². The Hall–Kier alpha value is -3.53. The Kier molecular flexibility index (Phi) is 7.10. The number of nitrogens with zero attached hydrogens (tertiary/aromatic N) is 4. The molecule has 0 spiro atoms. The Morgan fingerprint density at radius 2 is 1.68 bits per heavy atom. The number of para-hydroxylation sites is 1. The van der Waals surface area contributed by atoms with Gasteiger partial charge in [0, 0.05) is 23.0 Å². The molecule has 1 unspecified atom stereocenters. The number of fused-ring (bicyclic) bond motifs is 1. The first kappa shape index (κ1) is 25.1. The summed E-state index contributed by atoms with van der Waals surface area (Å²) in [5, 5.41) is 10.4. The summed E-state index contributed by atoms with van der Waals surface area (Å²) >= 11 is 1.57. The molecule has 7 nitrogen and oxygen atoms in total. The van der Waals surface area contributed by atoms with E-state index in [1.807, 2.05) is 60.0 Å². The molecule has 5 rings (SSSR count). The summed E-state index contributed by atoms with van der Waals surface area (Å²) in [6.45, 7) is 5.89. The normalized spacial score (nSPS) is 12.6. The number of hydrogen-bond donors (Lipinski definition) is 1. The molecule has 5 aromatic rings. The number of rotatable bonds is 8. The van der Waals surface area contributed by atoms with E-state index in [9.17, 15) is 8.42 Å². The van der Waals surface area contributed by atoms with Gasteiger partial charge in [0.2, 0.25) is 10.0 Å². The topological polar surface area (TPSA) is 89.8 Å². The summed E-state index contributed by atoms with van der Waals surface area (Å²) in [6.07, 6.45) is 1.59. The summed E-state index contributed by atoms with van der Waals surface area (Å²) in [4.78, 5) is 4.44. The molecule has 0 amide bonds. The van der Waals surface area contributed by atoms with E-state index in [0.29, 0.717) is 16.5 Å². The van der Waals surface area contributed by atoms with Crippen molar-refractivity contribution >= 4 is 32.7 Å². The van der Waals surface area contributed by atoms with E-state index in [1.54, 1.807) is 43.1 Å². The fourth-order valence-corrected chi connectivity index (χ4v) is 6.56. The predicted octanol–water partition coefficient (Wildman–Crippen LogP) is 5.76. The Morgan fingerprint density at radius 1 is 0.919 bits per heavy atom. The van der Waals surface area contributed by atoms with Gasteiger partial charge in [0.1, 0.15) is 4.90 Å². The number of aryl methyl sites for hydroxylation is 2. The van der Waals surface area contributed by atoms with E-state index < -0.39 is 16.1 Å². The molecule has 0 saturated heterocycles. The van der Waals surface area contributed by atoms with Crippen molar-refractivity contribution in [2.75, 3.05) is 0 Å². The maximum Gasteiger partial charge on any atom is 0.243 e. The maximum absolute atomic E-state index is 13.5. The van der Waals surface area contributed by atoms with Gasteiger partial charge < -0.3 is 0 Å². The Labute approximate surface area is 221 Å². The highest BCUT2D eigenvalue weighted by Gasteiger charge is 2.26. The molecule has 1 N–H and O–H groups in total. The van der Waals surface area contributed by atoms with Crippen molar-refractivity contribution in [3.63, 3.8) is 0 Å². The number of nitrogens with one attached hydrogen (secondary N) is 1. The molecular formula is C28H27N5O2S2. The molecule has 0 aliphatic rings. The zero-order valence-electron chi connectivity index (χ0n) is 20.8. The first-order chi connectivity index (χ1) is 17.8. The number of pyridine rings is 1. The van der Waals surface area contributed by atoms with Gasteiger partial charge in [0.15, 0.2) is 11.0 Å². The quantitative estimate of drug-likeness (QED) is 0.257. The summed E-state index contributed by atoms with van der Waals surface area (Å²) in [5.41, 5.74) is 4.85. The van der Waals surface area contributed by atoms with Gasteiger partial charge in [0.25, 0.3) is 0 Å². The molecule has 0 fully saturated rings. The van der Waals surface area contributed by atoms with Crippen molar-refractivity contribution in [2.24, 2.45) is 0 Å². The van der Waals surface area contributed by atoms with Crippen LogP contribution in [0.3, 0.4) is 0 Å². The average molecular weight is 530 g/mol. The van der Waals surface area contributed by atoms with E-state index >= 15 is 0 Å². The molecule has 1 atom stereocenters. The maximum atomic E-state index is 13.5. The largest absolute Gasteiger partial charge is 0.273 e. The number of sulfonamides is 1. The monoisotopic (exact) mass is 529 g/mol. The molecular weight excluding hydrogens is 502 g/mol. The van der Waals surface area contributed by atoms with Crippen LogP contribution >= 0.6 is 11.8 Å². The Morgan fingerprint density at radius 3 is 2.46 bits per heavy atom. The number of thioether (sulfide) groups is 1. The average Bonchev–Trinajstić information content (AvgIpc) is 3.32. The molecule has 0 aliphatic carbocycles. The van der Waals surface area contributed by atoms with Crippen LogP contribution in [0.1, 0.15) is 35.5 Å². The van der Waals surface area contributed by atoms with Crippen molar-refractivity contribution < 1.29 is 8.42 Å². The highest BCUT2D eigenvalue weighted by molar-refractivity contribution is 7.98. The summed E-state index contributed by atoms with van der Waals surface area (Å²) in [5.74, 6) is 1.23.